The van der Waals surface area contributed by atoms with Crippen LogP contribution in [0.1, 0.15) is 37.8 Å². The number of hydrogen-bond donors (Lipinski definition) is 3. The van der Waals surface area contributed by atoms with E-state index in [1.807, 2.05) is 25.1 Å². The molecule has 0 radical (unpaired) electrons. The Bertz CT molecular complexity index is 801. The van der Waals surface area contributed by atoms with Gasteiger partial charge in [-0.3, -0.25) is 4.79 Å². The number of carbonyl (C=O) groups excluding carboxylic acids is 2. The van der Waals surface area contributed by atoms with Crippen molar-refractivity contribution in [2.24, 2.45) is 0 Å². The van der Waals surface area contributed by atoms with Gasteiger partial charge in [0.15, 0.2) is 6.10 Å². The molecule has 1 atom stereocenters. The first kappa shape index (κ1) is 20.3. The van der Waals surface area contributed by atoms with Crippen LogP contribution in [0.25, 0.3) is 0 Å². The Morgan fingerprint density at radius 3 is 2.07 bits per heavy atom. The van der Waals surface area contributed by atoms with Gasteiger partial charge in [-0.25, -0.2) is 4.79 Å². The van der Waals surface area contributed by atoms with E-state index in [9.17, 15) is 9.59 Å². The van der Waals surface area contributed by atoms with Gasteiger partial charge >= 0.3 is 6.03 Å². The molecular formula is C21H27N3O3. The second-order valence-electron chi connectivity index (χ2n) is 6.73. The van der Waals surface area contributed by atoms with Gasteiger partial charge in [-0.15, -0.1) is 0 Å². The van der Waals surface area contributed by atoms with Gasteiger partial charge in [0, 0.05) is 18.4 Å². The number of ether oxygens (including phenoxy) is 1. The molecule has 2 aromatic carbocycles. The third-order valence-corrected chi connectivity index (χ3v) is 4.10. The molecule has 2 aromatic rings. The highest BCUT2D eigenvalue weighted by atomic mass is 16.5. The molecule has 0 saturated carbocycles. The Balaban J connectivity index is 2.02. The van der Waals surface area contributed by atoms with Crippen LogP contribution in [0.2, 0.25) is 0 Å². The van der Waals surface area contributed by atoms with Gasteiger partial charge in [0.1, 0.15) is 5.75 Å². The molecule has 0 aliphatic carbocycles. The van der Waals surface area contributed by atoms with Crippen LogP contribution in [0.4, 0.5) is 16.2 Å². The minimum Gasteiger partial charge on any atom is -0.481 e. The molecule has 0 heterocycles. The lowest BCUT2D eigenvalue weighted by atomic mass is 10.0. The van der Waals surface area contributed by atoms with Crippen LogP contribution in [0, 0.1) is 6.92 Å². The smallest absolute Gasteiger partial charge is 0.318 e. The van der Waals surface area contributed by atoms with Crippen molar-refractivity contribution in [1.82, 2.24) is 5.32 Å². The highest BCUT2D eigenvalue weighted by Gasteiger charge is 2.18. The monoisotopic (exact) mass is 369 g/mol. The molecular weight excluding hydrogens is 342 g/mol. The highest BCUT2D eigenvalue weighted by molar-refractivity contribution is 5.94. The predicted molar refractivity (Wildman–Crippen MR) is 109 cm³/mol. The second kappa shape index (κ2) is 9.07. The van der Waals surface area contributed by atoms with Crippen LogP contribution in [-0.2, 0) is 4.79 Å². The average Bonchev–Trinajstić information content (AvgIpc) is 2.62. The Morgan fingerprint density at radius 2 is 1.52 bits per heavy atom. The third-order valence-electron chi connectivity index (χ3n) is 4.10. The van der Waals surface area contributed by atoms with Gasteiger partial charge < -0.3 is 20.7 Å². The molecule has 0 fully saturated rings. The fourth-order valence-electron chi connectivity index (χ4n) is 2.54. The van der Waals surface area contributed by atoms with Crippen molar-refractivity contribution >= 4 is 23.3 Å². The van der Waals surface area contributed by atoms with Crippen LogP contribution in [0.15, 0.2) is 42.5 Å². The van der Waals surface area contributed by atoms with Gasteiger partial charge in [-0.2, -0.15) is 0 Å². The summed E-state index contributed by atoms with van der Waals surface area (Å²) in [6, 6.07) is 12.6. The molecule has 0 bridgehead atoms. The summed E-state index contributed by atoms with van der Waals surface area (Å²) in [5.41, 5.74) is 3.43. The number of urea groups is 1. The number of amides is 3. The normalized spacial score (nSPS) is 11.6. The lowest BCUT2D eigenvalue weighted by Gasteiger charge is -2.19. The largest absolute Gasteiger partial charge is 0.481 e. The summed E-state index contributed by atoms with van der Waals surface area (Å²) in [5, 5.41) is 7.97. The minimum absolute atomic E-state index is 0.238. The van der Waals surface area contributed by atoms with Gasteiger partial charge in [0.2, 0.25) is 0 Å². The van der Waals surface area contributed by atoms with Gasteiger partial charge in [-0.1, -0.05) is 26.0 Å². The SMILES string of the molecule is CNC(=O)Nc1ccc(NC(=O)C(C)Oc2cc(C)ccc2C(C)C)cc1. The van der Waals surface area contributed by atoms with Crippen molar-refractivity contribution in [2.75, 3.05) is 17.7 Å². The average molecular weight is 369 g/mol. The molecule has 6 nitrogen and oxygen atoms in total. The van der Waals surface area contributed by atoms with E-state index in [0.29, 0.717) is 17.3 Å². The van der Waals surface area contributed by atoms with Crippen molar-refractivity contribution < 1.29 is 14.3 Å². The predicted octanol–water partition coefficient (Wildman–Crippen LogP) is 4.28. The summed E-state index contributed by atoms with van der Waals surface area (Å²) < 4.78 is 5.94. The summed E-state index contributed by atoms with van der Waals surface area (Å²) in [4.78, 5) is 23.8. The lowest BCUT2D eigenvalue weighted by molar-refractivity contribution is -0.122. The number of nitrogens with one attached hydrogen (secondary N) is 3. The second-order valence-corrected chi connectivity index (χ2v) is 6.73. The molecule has 2 rings (SSSR count). The van der Waals surface area contributed by atoms with E-state index in [-0.39, 0.29) is 11.9 Å². The first-order chi connectivity index (χ1) is 12.8. The van der Waals surface area contributed by atoms with Gasteiger partial charge in [0.05, 0.1) is 0 Å². The summed E-state index contributed by atoms with van der Waals surface area (Å²) in [7, 11) is 1.55. The van der Waals surface area contributed by atoms with E-state index >= 15 is 0 Å². The number of aryl methyl sites for hydroxylation is 1. The zero-order chi connectivity index (χ0) is 20.0. The molecule has 0 aromatic heterocycles. The molecule has 0 saturated heterocycles. The highest BCUT2D eigenvalue weighted by Crippen LogP contribution is 2.28. The summed E-state index contributed by atoms with van der Waals surface area (Å²) >= 11 is 0. The zero-order valence-corrected chi connectivity index (χ0v) is 16.4. The number of hydrogen-bond acceptors (Lipinski definition) is 3. The standard InChI is InChI=1S/C21H27N3O3/c1-13(2)18-11-6-14(3)12-19(18)27-15(4)20(25)23-16-7-9-17(10-8-16)24-21(26)22-5/h6-13,15H,1-5H3,(H,23,25)(H2,22,24,26). The number of rotatable bonds is 6. The first-order valence-corrected chi connectivity index (χ1v) is 8.97. The molecule has 3 N–H and O–H groups in total. The molecule has 0 aliphatic heterocycles. The molecule has 0 aliphatic rings. The van der Waals surface area contributed by atoms with Crippen LogP contribution in [0.3, 0.4) is 0 Å². The Labute approximate surface area is 160 Å². The maximum absolute atomic E-state index is 12.5. The van der Waals surface area contributed by atoms with Crippen LogP contribution in [0.5, 0.6) is 5.75 Å². The maximum Gasteiger partial charge on any atom is 0.318 e. The van der Waals surface area contributed by atoms with E-state index < -0.39 is 6.10 Å². The van der Waals surface area contributed by atoms with Crippen LogP contribution < -0.4 is 20.7 Å². The van der Waals surface area contributed by atoms with Crippen LogP contribution >= 0.6 is 0 Å². The Morgan fingerprint density at radius 1 is 0.926 bits per heavy atom. The Kier molecular flexibility index (Phi) is 6.82. The quantitative estimate of drug-likeness (QED) is 0.711. The van der Waals surface area contributed by atoms with E-state index in [0.717, 1.165) is 16.9 Å². The topological polar surface area (TPSA) is 79.5 Å². The fourth-order valence-corrected chi connectivity index (χ4v) is 2.54. The summed E-state index contributed by atoms with van der Waals surface area (Å²) in [5.74, 6) is 0.798. The molecule has 6 heteroatoms. The maximum atomic E-state index is 12.5. The van der Waals surface area contributed by atoms with Crippen molar-refractivity contribution in [3.63, 3.8) is 0 Å². The first-order valence-electron chi connectivity index (χ1n) is 8.97. The van der Waals surface area contributed by atoms with E-state index in [2.05, 4.69) is 29.8 Å². The molecule has 3 amide bonds. The lowest BCUT2D eigenvalue weighted by Crippen LogP contribution is -2.30. The van der Waals surface area contributed by atoms with Crippen molar-refractivity contribution in [1.29, 1.82) is 0 Å². The van der Waals surface area contributed by atoms with E-state index in [1.165, 1.54) is 0 Å². The van der Waals surface area contributed by atoms with Crippen LogP contribution in [-0.4, -0.2) is 25.1 Å². The van der Waals surface area contributed by atoms with Crippen molar-refractivity contribution in [2.45, 2.75) is 39.7 Å². The zero-order valence-electron chi connectivity index (χ0n) is 16.4. The number of benzene rings is 2. The fraction of sp³-hybridized carbons (Fsp3) is 0.333. The van der Waals surface area contributed by atoms with E-state index in [1.54, 1.807) is 38.2 Å². The molecule has 27 heavy (non-hydrogen) atoms. The summed E-state index contributed by atoms with van der Waals surface area (Å²) in [6.07, 6.45) is -0.645. The van der Waals surface area contributed by atoms with Crippen molar-refractivity contribution in [3.05, 3.63) is 53.6 Å². The molecule has 1 unspecified atom stereocenters. The van der Waals surface area contributed by atoms with E-state index in [4.69, 9.17) is 4.74 Å². The number of anilines is 2. The Hall–Kier alpha value is -3.02. The molecule has 0 spiro atoms. The summed E-state index contributed by atoms with van der Waals surface area (Å²) in [6.45, 7) is 7.91. The van der Waals surface area contributed by atoms with Gasteiger partial charge in [0.25, 0.3) is 5.91 Å². The number of carbonyl (C=O) groups is 2. The molecule has 144 valence electrons. The minimum atomic E-state index is -0.645. The van der Waals surface area contributed by atoms with Gasteiger partial charge in [-0.05, 0) is 61.2 Å². The van der Waals surface area contributed by atoms with Crippen molar-refractivity contribution in [3.8, 4) is 5.75 Å². The third kappa shape index (κ3) is 5.74.